The predicted octanol–water partition coefficient (Wildman–Crippen LogP) is 4.49. The number of esters is 1. The van der Waals surface area contributed by atoms with E-state index in [1.807, 2.05) is 0 Å². The monoisotopic (exact) mass is 279 g/mol. The van der Waals surface area contributed by atoms with Crippen LogP contribution in [0, 0.1) is 17.2 Å². The molecule has 0 aromatic rings. The number of carbonyl (C=O) groups excluding carboxylic acids is 1. The molecule has 20 heavy (non-hydrogen) atoms. The Morgan fingerprint density at radius 3 is 2.80 bits per heavy atom. The number of unbranched alkanes of at least 4 members (excludes halogenated alkanes) is 4. The number of fused-ring (bicyclic) bond motifs is 1. The molecule has 1 heterocycles. The van der Waals surface area contributed by atoms with Gasteiger partial charge in [0.1, 0.15) is 6.10 Å². The highest BCUT2D eigenvalue weighted by molar-refractivity contribution is 5.81. The molecule has 1 aliphatic heterocycles. The second-order valence-electron chi connectivity index (χ2n) is 6.54. The highest BCUT2D eigenvalue weighted by Crippen LogP contribution is 2.43. The van der Waals surface area contributed by atoms with Crippen LogP contribution in [0.3, 0.4) is 0 Å². The van der Waals surface area contributed by atoms with Gasteiger partial charge in [-0.05, 0) is 44.4 Å². The molecule has 2 rings (SSSR count). The zero-order chi connectivity index (χ0) is 14.4. The summed E-state index contributed by atoms with van der Waals surface area (Å²) in [4.78, 5) is 11.3. The molecule has 2 aliphatic rings. The van der Waals surface area contributed by atoms with Crippen LogP contribution in [0.15, 0.2) is 0 Å². The molecular formula is C17H29NO2. The lowest BCUT2D eigenvalue weighted by atomic mass is 9.88. The average Bonchev–Trinajstić information content (AvgIpc) is 2.95. The van der Waals surface area contributed by atoms with Crippen LogP contribution >= 0.6 is 0 Å². The number of rotatable bonds is 9. The van der Waals surface area contributed by atoms with Gasteiger partial charge in [0, 0.05) is 11.6 Å². The number of hydrogen-bond donors (Lipinski definition) is 1. The fourth-order valence-electron chi connectivity index (χ4n) is 3.75. The van der Waals surface area contributed by atoms with Crippen molar-refractivity contribution in [1.82, 2.24) is 0 Å². The van der Waals surface area contributed by atoms with Crippen molar-refractivity contribution in [3.8, 4) is 0 Å². The highest BCUT2D eigenvalue weighted by atomic mass is 16.5. The summed E-state index contributed by atoms with van der Waals surface area (Å²) in [5.74, 6) is 1.07. The summed E-state index contributed by atoms with van der Waals surface area (Å²) in [6, 6.07) is 0. The Labute approximate surface area is 123 Å². The SMILES string of the molecule is CCCCCCCC(=N)CC[C@H]1CC[C@@H]2OC(=O)C[C@H]12. The zero-order valence-electron chi connectivity index (χ0n) is 12.8. The van der Waals surface area contributed by atoms with Crippen molar-refractivity contribution in [2.75, 3.05) is 0 Å². The fourth-order valence-corrected chi connectivity index (χ4v) is 3.75. The standard InChI is InChI=1S/C17H29NO2/c1-2-3-4-5-6-7-14(18)10-8-13-9-11-16-15(13)12-17(19)20-16/h13,15-16,18H,2-12H2,1H3/t13-,15+,16-/m0/s1. The lowest BCUT2D eigenvalue weighted by Crippen LogP contribution is -2.14. The van der Waals surface area contributed by atoms with Crippen LogP contribution in [-0.4, -0.2) is 17.8 Å². The van der Waals surface area contributed by atoms with E-state index in [9.17, 15) is 4.79 Å². The third kappa shape index (κ3) is 4.32. The van der Waals surface area contributed by atoms with Crippen LogP contribution in [-0.2, 0) is 9.53 Å². The molecule has 1 saturated carbocycles. The third-order valence-corrected chi connectivity index (χ3v) is 4.99. The summed E-state index contributed by atoms with van der Waals surface area (Å²) in [7, 11) is 0. The van der Waals surface area contributed by atoms with Crippen LogP contribution in [0.25, 0.3) is 0 Å². The second-order valence-corrected chi connectivity index (χ2v) is 6.54. The lowest BCUT2D eigenvalue weighted by Gasteiger charge is -2.16. The molecule has 3 nitrogen and oxygen atoms in total. The van der Waals surface area contributed by atoms with E-state index in [1.54, 1.807) is 0 Å². The maximum absolute atomic E-state index is 11.3. The van der Waals surface area contributed by atoms with E-state index in [0.29, 0.717) is 18.3 Å². The molecule has 0 amide bonds. The summed E-state index contributed by atoms with van der Waals surface area (Å²) >= 11 is 0. The minimum absolute atomic E-state index is 0.00398. The van der Waals surface area contributed by atoms with Crippen molar-refractivity contribution in [1.29, 1.82) is 5.41 Å². The first-order valence-electron chi connectivity index (χ1n) is 8.46. The van der Waals surface area contributed by atoms with Gasteiger partial charge in [-0.1, -0.05) is 32.6 Å². The number of nitrogens with one attached hydrogen (secondary N) is 1. The van der Waals surface area contributed by atoms with E-state index in [4.69, 9.17) is 10.1 Å². The molecule has 0 aromatic carbocycles. The normalized spacial score (nSPS) is 28.4. The van der Waals surface area contributed by atoms with Crippen molar-refractivity contribution in [3.05, 3.63) is 0 Å². The van der Waals surface area contributed by atoms with Crippen LogP contribution in [0.2, 0.25) is 0 Å². The minimum Gasteiger partial charge on any atom is -0.462 e. The molecule has 1 N–H and O–H groups in total. The van der Waals surface area contributed by atoms with Crippen molar-refractivity contribution in [3.63, 3.8) is 0 Å². The van der Waals surface area contributed by atoms with Crippen molar-refractivity contribution < 1.29 is 9.53 Å². The van der Waals surface area contributed by atoms with Crippen LogP contribution in [0.5, 0.6) is 0 Å². The van der Waals surface area contributed by atoms with Gasteiger partial charge in [-0.3, -0.25) is 4.79 Å². The van der Waals surface area contributed by atoms with Gasteiger partial charge in [0.2, 0.25) is 0 Å². The minimum atomic E-state index is -0.00398. The van der Waals surface area contributed by atoms with E-state index in [-0.39, 0.29) is 12.1 Å². The Balaban J connectivity index is 1.58. The van der Waals surface area contributed by atoms with Crippen LogP contribution < -0.4 is 0 Å². The fraction of sp³-hybridized carbons (Fsp3) is 0.882. The number of ether oxygens (including phenoxy) is 1. The molecule has 3 heteroatoms. The maximum Gasteiger partial charge on any atom is 0.306 e. The first-order valence-corrected chi connectivity index (χ1v) is 8.46. The van der Waals surface area contributed by atoms with Gasteiger partial charge in [0.15, 0.2) is 0 Å². The Kier molecular flexibility index (Phi) is 6.06. The van der Waals surface area contributed by atoms with E-state index < -0.39 is 0 Å². The molecule has 0 radical (unpaired) electrons. The van der Waals surface area contributed by atoms with Gasteiger partial charge in [-0.25, -0.2) is 0 Å². The Bertz CT molecular complexity index is 340. The van der Waals surface area contributed by atoms with E-state index in [1.165, 1.54) is 38.5 Å². The average molecular weight is 279 g/mol. The largest absolute Gasteiger partial charge is 0.462 e. The molecule has 1 aliphatic carbocycles. The molecule has 0 bridgehead atoms. The van der Waals surface area contributed by atoms with E-state index in [0.717, 1.165) is 31.4 Å². The van der Waals surface area contributed by atoms with Crippen LogP contribution in [0.1, 0.15) is 77.6 Å². The molecule has 114 valence electrons. The Hall–Kier alpha value is -0.860. The number of hydrogen-bond acceptors (Lipinski definition) is 3. The van der Waals surface area contributed by atoms with Crippen molar-refractivity contribution in [2.24, 2.45) is 11.8 Å². The Morgan fingerprint density at radius 2 is 2.00 bits per heavy atom. The lowest BCUT2D eigenvalue weighted by molar-refractivity contribution is -0.141. The summed E-state index contributed by atoms with van der Waals surface area (Å²) < 4.78 is 5.33. The predicted molar refractivity (Wildman–Crippen MR) is 81.0 cm³/mol. The third-order valence-electron chi connectivity index (χ3n) is 4.99. The van der Waals surface area contributed by atoms with Gasteiger partial charge in [0.05, 0.1) is 6.42 Å². The first kappa shape index (κ1) is 15.5. The summed E-state index contributed by atoms with van der Waals surface area (Å²) in [6.07, 6.45) is 12.4. The molecule has 2 fully saturated rings. The summed E-state index contributed by atoms with van der Waals surface area (Å²) in [5, 5.41) is 8.06. The smallest absolute Gasteiger partial charge is 0.306 e. The highest BCUT2D eigenvalue weighted by Gasteiger charge is 2.44. The molecule has 0 aromatic heterocycles. The van der Waals surface area contributed by atoms with Gasteiger partial charge in [0.25, 0.3) is 0 Å². The van der Waals surface area contributed by atoms with Crippen LogP contribution in [0.4, 0.5) is 0 Å². The molecular weight excluding hydrogens is 250 g/mol. The van der Waals surface area contributed by atoms with Crippen molar-refractivity contribution in [2.45, 2.75) is 83.7 Å². The summed E-state index contributed by atoms with van der Waals surface area (Å²) in [6.45, 7) is 2.23. The molecule has 1 saturated heterocycles. The van der Waals surface area contributed by atoms with Gasteiger partial charge in [-0.2, -0.15) is 0 Å². The second kappa shape index (κ2) is 7.80. The molecule has 3 atom stereocenters. The number of carbonyl (C=O) groups is 1. The van der Waals surface area contributed by atoms with E-state index >= 15 is 0 Å². The summed E-state index contributed by atoms with van der Waals surface area (Å²) in [5.41, 5.74) is 0.912. The molecule has 0 spiro atoms. The Morgan fingerprint density at radius 1 is 1.20 bits per heavy atom. The van der Waals surface area contributed by atoms with E-state index in [2.05, 4.69) is 6.92 Å². The quantitative estimate of drug-likeness (QED) is 0.384. The first-order chi connectivity index (χ1) is 9.70. The maximum atomic E-state index is 11.3. The van der Waals surface area contributed by atoms with Gasteiger partial charge < -0.3 is 10.1 Å². The van der Waals surface area contributed by atoms with Gasteiger partial charge >= 0.3 is 5.97 Å². The topological polar surface area (TPSA) is 50.1 Å². The zero-order valence-corrected chi connectivity index (χ0v) is 12.8. The van der Waals surface area contributed by atoms with Crippen molar-refractivity contribution >= 4 is 11.7 Å². The molecule has 0 unspecified atom stereocenters. The van der Waals surface area contributed by atoms with Gasteiger partial charge in [-0.15, -0.1) is 0 Å².